The summed E-state index contributed by atoms with van der Waals surface area (Å²) in [6.07, 6.45) is 1.15. The van der Waals surface area contributed by atoms with E-state index in [0.717, 1.165) is 6.26 Å². The van der Waals surface area contributed by atoms with Crippen molar-refractivity contribution in [2.24, 2.45) is 0 Å². The van der Waals surface area contributed by atoms with Gasteiger partial charge in [-0.3, -0.25) is 0 Å². The van der Waals surface area contributed by atoms with Crippen LogP contribution in [0.2, 0.25) is 0 Å². The van der Waals surface area contributed by atoms with Crippen LogP contribution in [0.1, 0.15) is 0 Å². The van der Waals surface area contributed by atoms with E-state index in [9.17, 15) is 12.8 Å². The number of rotatable bonds is 2. The summed E-state index contributed by atoms with van der Waals surface area (Å²) < 4.78 is 35.9. The predicted octanol–water partition coefficient (Wildman–Crippen LogP) is 2.90. The molecule has 0 N–H and O–H groups in total. The van der Waals surface area contributed by atoms with Crippen LogP contribution in [-0.4, -0.2) is 14.7 Å². The molecular weight excluding hydrogens is 239 g/mol. The summed E-state index contributed by atoms with van der Waals surface area (Å²) >= 11 is 0. The standard InChI is InChI=1S/C13H11FO2S/c1-17(15,16)13-7-3-5-11(9-13)10-4-2-6-12(14)8-10/h2-9H,1H3. The van der Waals surface area contributed by atoms with Gasteiger partial charge in [0.05, 0.1) is 4.90 Å². The van der Waals surface area contributed by atoms with Crippen molar-refractivity contribution in [2.75, 3.05) is 6.26 Å². The van der Waals surface area contributed by atoms with Gasteiger partial charge >= 0.3 is 0 Å². The lowest BCUT2D eigenvalue weighted by atomic mass is 10.1. The minimum atomic E-state index is -3.24. The van der Waals surface area contributed by atoms with Gasteiger partial charge in [-0.05, 0) is 35.4 Å². The van der Waals surface area contributed by atoms with Crippen LogP contribution >= 0.6 is 0 Å². The van der Waals surface area contributed by atoms with Crippen LogP contribution in [0.15, 0.2) is 53.4 Å². The van der Waals surface area contributed by atoms with Crippen molar-refractivity contribution in [3.05, 3.63) is 54.3 Å². The minimum absolute atomic E-state index is 0.235. The maximum atomic E-state index is 13.1. The molecule has 0 spiro atoms. The van der Waals surface area contributed by atoms with E-state index in [-0.39, 0.29) is 10.7 Å². The normalized spacial score (nSPS) is 11.4. The third kappa shape index (κ3) is 2.71. The topological polar surface area (TPSA) is 34.1 Å². The second-order valence-corrected chi connectivity index (χ2v) is 5.83. The maximum absolute atomic E-state index is 13.1. The van der Waals surface area contributed by atoms with Crippen LogP contribution in [0.3, 0.4) is 0 Å². The quantitative estimate of drug-likeness (QED) is 0.821. The SMILES string of the molecule is CS(=O)(=O)c1cccc(-c2cccc(F)c2)c1. The van der Waals surface area contributed by atoms with Crippen LogP contribution in [-0.2, 0) is 9.84 Å². The zero-order valence-corrected chi connectivity index (χ0v) is 10.0. The number of hydrogen-bond donors (Lipinski definition) is 0. The molecule has 88 valence electrons. The molecule has 2 nitrogen and oxygen atoms in total. The molecule has 0 fully saturated rings. The lowest BCUT2D eigenvalue weighted by Gasteiger charge is -2.04. The number of benzene rings is 2. The van der Waals surface area contributed by atoms with Crippen molar-refractivity contribution in [1.29, 1.82) is 0 Å². The smallest absolute Gasteiger partial charge is 0.175 e. The van der Waals surface area contributed by atoms with Gasteiger partial charge in [-0.15, -0.1) is 0 Å². The first kappa shape index (κ1) is 11.8. The van der Waals surface area contributed by atoms with Crippen molar-refractivity contribution in [3.8, 4) is 11.1 Å². The summed E-state index contributed by atoms with van der Waals surface area (Å²) in [5.74, 6) is -0.341. The zero-order chi connectivity index (χ0) is 12.5. The first-order valence-electron chi connectivity index (χ1n) is 5.03. The molecule has 2 rings (SSSR count). The Bertz CT molecular complexity index is 648. The molecule has 0 aromatic heterocycles. The summed E-state index contributed by atoms with van der Waals surface area (Å²) in [5.41, 5.74) is 1.35. The Hall–Kier alpha value is -1.68. The molecule has 2 aromatic carbocycles. The Morgan fingerprint density at radius 1 is 0.941 bits per heavy atom. The van der Waals surface area contributed by atoms with Crippen molar-refractivity contribution >= 4 is 9.84 Å². The van der Waals surface area contributed by atoms with E-state index in [4.69, 9.17) is 0 Å². The fourth-order valence-electron chi connectivity index (χ4n) is 1.57. The highest BCUT2D eigenvalue weighted by Crippen LogP contribution is 2.22. The Morgan fingerprint density at radius 2 is 1.53 bits per heavy atom. The average molecular weight is 250 g/mol. The first-order valence-corrected chi connectivity index (χ1v) is 6.92. The summed E-state index contributed by atoms with van der Waals surface area (Å²) in [6.45, 7) is 0. The molecular formula is C13H11FO2S. The largest absolute Gasteiger partial charge is 0.224 e. The summed E-state index contributed by atoms with van der Waals surface area (Å²) in [5, 5.41) is 0. The monoisotopic (exact) mass is 250 g/mol. The minimum Gasteiger partial charge on any atom is -0.224 e. The Kier molecular flexibility index (Phi) is 2.98. The van der Waals surface area contributed by atoms with Gasteiger partial charge in [-0.2, -0.15) is 0 Å². The van der Waals surface area contributed by atoms with E-state index in [0.29, 0.717) is 11.1 Å². The lowest BCUT2D eigenvalue weighted by molar-refractivity contribution is 0.602. The molecule has 0 saturated carbocycles. The van der Waals surface area contributed by atoms with Gasteiger partial charge in [0.2, 0.25) is 0 Å². The third-order valence-corrected chi connectivity index (χ3v) is 3.53. The van der Waals surface area contributed by atoms with Crippen LogP contribution in [0.4, 0.5) is 4.39 Å². The van der Waals surface area contributed by atoms with Crippen LogP contribution in [0.25, 0.3) is 11.1 Å². The summed E-state index contributed by atoms with van der Waals surface area (Å²) in [6, 6.07) is 12.5. The van der Waals surface area contributed by atoms with Crippen molar-refractivity contribution in [2.45, 2.75) is 4.90 Å². The second-order valence-electron chi connectivity index (χ2n) is 3.81. The highest BCUT2D eigenvalue weighted by atomic mass is 32.2. The van der Waals surface area contributed by atoms with Gasteiger partial charge in [0, 0.05) is 6.26 Å². The van der Waals surface area contributed by atoms with Crippen LogP contribution in [0, 0.1) is 5.82 Å². The molecule has 2 aromatic rings. The molecule has 0 saturated heterocycles. The molecule has 0 aliphatic carbocycles. The molecule has 0 heterocycles. The third-order valence-electron chi connectivity index (χ3n) is 2.42. The molecule has 4 heteroatoms. The predicted molar refractivity (Wildman–Crippen MR) is 64.9 cm³/mol. The van der Waals surface area contributed by atoms with E-state index in [2.05, 4.69) is 0 Å². The summed E-state index contributed by atoms with van der Waals surface area (Å²) in [7, 11) is -3.24. The molecule has 17 heavy (non-hydrogen) atoms. The van der Waals surface area contributed by atoms with E-state index >= 15 is 0 Å². The van der Waals surface area contributed by atoms with Gasteiger partial charge in [-0.25, -0.2) is 12.8 Å². The fraction of sp³-hybridized carbons (Fsp3) is 0.0769. The van der Waals surface area contributed by atoms with E-state index < -0.39 is 9.84 Å². The van der Waals surface area contributed by atoms with Gasteiger partial charge in [-0.1, -0.05) is 24.3 Å². The maximum Gasteiger partial charge on any atom is 0.175 e. The number of hydrogen-bond acceptors (Lipinski definition) is 2. The molecule has 0 radical (unpaired) electrons. The van der Waals surface area contributed by atoms with Crippen molar-refractivity contribution < 1.29 is 12.8 Å². The van der Waals surface area contributed by atoms with E-state index in [1.165, 1.54) is 18.2 Å². The Labute approximate surface area is 99.6 Å². The molecule has 0 aliphatic rings. The van der Waals surface area contributed by atoms with Crippen molar-refractivity contribution in [3.63, 3.8) is 0 Å². The van der Waals surface area contributed by atoms with E-state index in [1.54, 1.807) is 30.3 Å². The molecule has 0 unspecified atom stereocenters. The van der Waals surface area contributed by atoms with E-state index in [1.807, 2.05) is 0 Å². The molecule has 0 bridgehead atoms. The fourth-order valence-corrected chi connectivity index (χ4v) is 2.24. The highest BCUT2D eigenvalue weighted by molar-refractivity contribution is 7.90. The first-order chi connectivity index (χ1) is 7.97. The summed E-state index contributed by atoms with van der Waals surface area (Å²) in [4.78, 5) is 0.235. The zero-order valence-electron chi connectivity index (χ0n) is 9.22. The Balaban J connectivity index is 2.54. The number of sulfone groups is 1. The Morgan fingerprint density at radius 3 is 2.12 bits per heavy atom. The van der Waals surface area contributed by atoms with Gasteiger partial charge in [0.1, 0.15) is 5.82 Å². The van der Waals surface area contributed by atoms with Crippen LogP contribution in [0.5, 0.6) is 0 Å². The lowest BCUT2D eigenvalue weighted by Crippen LogP contribution is -1.96. The molecule has 0 aliphatic heterocycles. The van der Waals surface area contributed by atoms with Gasteiger partial charge in [0.15, 0.2) is 9.84 Å². The van der Waals surface area contributed by atoms with Gasteiger partial charge < -0.3 is 0 Å². The second kappa shape index (κ2) is 4.30. The van der Waals surface area contributed by atoms with Crippen LogP contribution < -0.4 is 0 Å². The van der Waals surface area contributed by atoms with Gasteiger partial charge in [0.25, 0.3) is 0 Å². The average Bonchev–Trinajstić information content (AvgIpc) is 2.28. The number of halogens is 1. The van der Waals surface area contributed by atoms with Crippen molar-refractivity contribution in [1.82, 2.24) is 0 Å². The highest BCUT2D eigenvalue weighted by Gasteiger charge is 2.08. The molecule has 0 amide bonds. The molecule has 0 atom stereocenters.